The van der Waals surface area contributed by atoms with Gasteiger partial charge in [-0.25, -0.2) is 13.2 Å². The summed E-state index contributed by atoms with van der Waals surface area (Å²) in [5, 5.41) is 10.1. The van der Waals surface area contributed by atoms with Crippen molar-refractivity contribution in [1.29, 1.82) is 0 Å². The summed E-state index contributed by atoms with van der Waals surface area (Å²) in [6.07, 6.45) is -0.279. The lowest BCUT2D eigenvalue weighted by Gasteiger charge is -2.13. The van der Waals surface area contributed by atoms with Crippen molar-refractivity contribution in [2.45, 2.75) is 26.4 Å². The Balaban J connectivity index is 2.25. The zero-order chi connectivity index (χ0) is 15.6. The van der Waals surface area contributed by atoms with Gasteiger partial charge in [0, 0.05) is 0 Å². The molecule has 4 heteroatoms. The van der Waals surface area contributed by atoms with Crippen molar-refractivity contribution in [3.63, 3.8) is 0 Å². The van der Waals surface area contributed by atoms with Gasteiger partial charge in [0.1, 0.15) is 6.10 Å². The number of rotatable bonds is 4. The van der Waals surface area contributed by atoms with Crippen LogP contribution >= 0.6 is 0 Å². The number of aliphatic hydroxyl groups excluding tert-OH is 1. The lowest BCUT2D eigenvalue weighted by Crippen LogP contribution is -2.03. The van der Waals surface area contributed by atoms with E-state index in [-0.39, 0.29) is 5.56 Å². The molecule has 0 aliphatic rings. The van der Waals surface area contributed by atoms with Crippen LogP contribution in [-0.4, -0.2) is 5.11 Å². The highest BCUT2D eigenvalue weighted by Crippen LogP contribution is 2.25. The van der Waals surface area contributed by atoms with Gasteiger partial charge >= 0.3 is 0 Å². The largest absolute Gasteiger partial charge is 0.384 e. The zero-order valence-corrected chi connectivity index (χ0v) is 11.9. The van der Waals surface area contributed by atoms with Crippen LogP contribution in [-0.2, 0) is 6.42 Å². The molecule has 0 bridgehead atoms. The molecule has 0 aromatic heterocycles. The Kier molecular flexibility index (Phi) is 4.68. The molecule has 112 valence electrons. The van der Waals surface area contributed by atoms with Crippen molar-refractivity contribution in [2.75, 3.05) is 0 Å². The average molecular weight is 294 g/mol. The molecule has 1 atom stereocenters. The van der Waals surface area contributed by atoms with Gasteiger partial charge in [-0.2, -0.15) is 0 Å². The molecule has 1 nitrogen and oxygen atoms in total. The maximum Gasteiger partial charge on any atom is 0.194 e. The second-order valence-electron chi connectivity index (χ2n) is 5.54. The fourth-order valence-corrected chi connectivity index (χ4v) is 2.23. The van der Waals surface area contributed by atoms with E-state index >= 15 is 0 Å². The van der Waals surface area contributed by atoms with Gasteiger partial charge in [0.05, 0.1) is 0 Å². The average Bonchev–Trinajstić information content (AvgIpc) is 2.43. The quantitative estimate of drug-likeness (QED) is 0.829. The molecule has 2 aromatic carbocycles. The Bertz CT molecular complexity index is 597. The molecule has 21 heavy (non-hydrogen) atoms. The summed E-state index contributed by atoms with van der Waals surface area (Å²) >= 11 is 0. The minimum absolute atomic E-state index is 0.0111. The van der Waals surface area contributed by atoms with Crippen molar-refractivity contribution < 1.29 is 18.3 Å². The standard InChI is InChI=1S/C17H17F3O/c1-10(2)7-11-3-5-12(6-4-11)17(21)13-8-14(18)16(20)15(19)9-13/h3-6,8-10,17,21H,7H2,1-2H3. The van der Waals surface area contributed by atoms with Crippen LogP contribution in [0.1, 0.15) is 36.6 Å². The summed E-state index contributed by atoms with van der Waals surface area (Å²) in [7, 11) is 0. The van der Waals surface area contributed by atoms with E-state index in [1.165, 1.54) is 0 Å². The molecule has 0 aliphatic heterocycles. The first-order chi connectivity index (χ1) is 9.88. The van der Waals surface area contributed by atoms with Crippen molar-refractivity contribution in [3.05, 3.63) is 70.5 Å². The molecule has 0 spiro atoms. The fourth-order valence-electron chi connectivity index (χ4n) is 2.23. The summed E-state index contributed by atoms with van der Waals surface area (Å²) in [5.41, 5.74) is 1.62. The van der Waals surface area contributed by atoms with E-state index in [0.29, 0.717) is 11.5 Å². The van der Waals surface area contributed by atoms with Gasteiger partial charge in [-0.05, 0) is 41.2 Å². The van der Waals surface area contributed by atoms with E-state index in [2.05, 4.69) is 13.8 Å². The first-order valence-corrected chi connectivity index (χ1v) is 6.80. The fraction of sp³-hybridized carbons (Fsp3) is 0.294. The van der Waals surface area contributed by atoms with E-state index < -0.39 is 23.6 Å². The molecule has 0 saturated heterocycles. The number of aliphatic hydroxyl groups is 1. The molecule has 0 radical (unpaired) electrons. The third-order valence-corrected chi connectivity index (χ3v) is 3.26. The molecular formula is C17H17F3O. The van der Waals surface area contributed by atoms with E-state index in [1.807, 2.05) is 12.1 Å². The molecule has 0 amide bonds. The molecular weight excluding hydrogens is 277 g/mol. The highest BCUT2D eigenvalue weighted by molar-refractivity contribution is 5.33. The van der Waals surface area contributed by atoms with Crippen LogP contribution in [0.2, 0.25) is 0 Å². The number of benzene rings is 2. The molecule has 0 saturated carbocycles. The molecule has 1 unspecified atom stereocenters. The first-order valence-electron chi connectivity index (χ1n) is 6.80. The highest BCUT2D eigenvalue weighted by atomic mass is 19.2. The lowest BCUT2D eigenvalue weighted by atomic mass is 9.97. The SMILES string of the molecule is CC(C)Cc1ccc(C(O)c2cc(F)c(F)c(F)c2)cc1. The van der Waals surface area contributed by atoms with Gasteiger partial charge in [0.2, 0.25) is 0 Å². The minimum Gasteiger partial charge on any atom is -0.384 e. The molecule has 2 aromatic rings. The van der Waals surface area contributed by atoms with Crippen molar-refractivity contribution >= 4 is 0 Å². The Labute approximate surface area is 122 Å². The topological polar surface area (TPSA) is 20.2 Å². The first kappa shape index (κ1) is 15.6. The summed E-state index contributed by atoms with van der Waals surface area (Å²) < 4.78 is 39.3. The van der Waals surface area contributed by atoms with Crippen LogP contribution in [0.15, 0.2) is 36.4 Å². The highest BCUT2D eigenvalue weighted by Gasteiger charge is 2.17. The molecule has 1 N–H and O–H groups in total. The Morgan fingerprint density at radius 2 is 1.43 bits per heavy atom. The van der Waals surface area contributed by atoms with E-state index in [1.54, 1.807) is 12.1 Å². The van der Waals surface area contributed by atoms with Gasteiger partial charge < -0.3 is 5.11 Å². The van der Waals surface area contributed by atoms with E-state index in [4.69, 9.17) is 0 Å². The predicted molar refractivity (Wildman–Crippen MR) is 75.4 cm³/mol. The Morgan fingerprint density at radius 3 is 1.90 bits per heavy atom. The second kappa shape index (κ2) is 6.31. The number of hydrogen-bond acceptors (Lipinski definition) is 1. The zero-order valence-electron chi connectivity index (χ0n) is 11.9. The van der Waals surface area contributed by atoms with Gasteiger partial charge in [-0.15, -0.1) is 0 Å². The second-order valence-corrected chi connectivity index (χ2v) is 5.54. The third kappa shape index (κ3) is 3.64. The predicted octanol–water partition coefficient (Wildman–Crippen LogP) is 4.38. The number of halogens is 3. The molecule has 0 fully saturated rings. The van der Waals surface area contributed by atoms with Gasteiger partial charge in [-0.1, -0.05) is 38.1 Å². The minimum atomic E-state index is -1.53. The third-order valence-electron chi connectivity index (χ3n) is 3.26. The van der Waals surface area contributed by atoms with Crippen LogP contribution in [0.4, 0.5) is 13.2 Å². The number of hydrogen-bond donors (Lipinski definition) is 1. The Morgan fingerprint density at radius 1 is 0.905 bits per heavy atom. The summed E-state index contributed by atoms with van der Waals surface area (Å²) in [5.74, 6) is -3.62. The maximum absolute atomic E-state index is 13.2. The van der Waals surface area contributed by atoms with Gasteiger partial charge in [-0.3, -0.25) is 0 Å². The van der Waals surface area contributed by atoms with E-state index in [9.17, 15) is 18.3 Å². The monoisotopic (exact) mass is 294 g/mol. The van der Waals surface area contributed by atoms with Crippen LogP contribution in [0.25, 0.3) is 0 Å². The van der Waals surface area contributed by atoms with Crippen LogP contribution < -0.4 is 0 Å². The molecule has 2 rings (SSSR count). The Hall–Kier alpha value is -1.81. The lowest BCUT2D eigenvalue weighted by molar-refractivity contribution is 0.218. The van der Waals surface area contributed by atoms with Crippen LogP contribution in [0.3, 0.4) is 0 Å². The summed E-state index contributed by atoms with van der Waals surface area (Å²) in [6, 6.07) is 8.78. The van der Waals surface area contributed by atoms with Crippen LogP contribution in [0, 0.1) is 23.4 Å². The normalized spacial score (nSPS) is 12.7. The van der Waals surface area contributed by atoms with Crippen molar-refractivity contribution in [1.82, 2.24) is 0 Å². The van der Waals surface area contributed by atoms with Gasteiger partial charge in [0.25, 0.3) is 0 Å². The van der Waals surface area contributed by atoms with Crippen molar-refractivity contribution in [2.24, 2.45) is 5.92 Å². The van der Waals surface area contributed by atoms with Crippen LogP contribution in [0.5, 0.6) is 0 Å². The summed E-state index contributed by atoms with van der Waals surface area (Å²) in [4.78, 5) is 0. The van der Waals surface area contributed by atoms with Crippen molar-refractivity contribution in [3.8, 4) is 0 Å². The van der Waals surface area contributed by atoms with E-state index in [0.717, 1.165) is 24.1 Å². The smallest absolute Gasteiger partial charge is 0.194 e. The molecule has 0 heterocycles. The maximum atomic E-state index is 13.2. The summed E-state index contributed by atoms with van der Waals surface area (Å²) in [6.45, 7) is 4.21. The molecule has 0 aliphatic carbocycles. The van der Waals surface area contributed by atoms with Gasteiger partial charge in [0.15, 0.2) is 17.5 Å².